The van der Waals surface area contributed by atoms with Gasteiger partial charge in [-0.1, -0.05) is 0 Å². The van der Waals surface area contributed by atoms with Crippen molar-refractivity contribution in [1.82, 2.24) is 9.88 Å². The predicted octanol–water partition coefficient (Wildman–Crippen LogP) is 1.87. The highest BCUT2D eigenvalue weighted by Crippen LogP contribution is 2.29. The molecule has 1 aromatic heterocycles. The molecule has 0 N–H and O–H groups in total. The summed E-state index contributed by atoms with van der Waals surface area (Å²) in [5.74, 6) is 1.27. The Hall–Kier alpha value is -3.27. The fourth-order valence-corrected chi connectivity index (χ4v) is 2.56. The van der Waals surface area contributed by atoms with E-state index in [0.717, 1.165) is 0 Å². The number of nitriles is 1. The van der Waals surface area contributed by atoms with Crippen LogP contribution in [0.4, 0.5) is 0 Å². The average molecular weight is 339 g/mol. The molecule has 1 aliphatic heterocycles. The van der Waals surface area contributed by atoms with Gasteiger partial charge in [0.25, 0.3) is 5.91 Å². The second-order valence-corrected chi connectivity index (χ2v) is 5.49. The number of amides is 1. The molecular weight excluding hydrogens is 322 g/mol. The third-order valence-corrected chi connectivity index (χ3v) is 3.94. The number of rotatable bonds is 5. The summed E-state index contributed by atoms with van der Waals surface area (Å²) >= 11 is 0. The zero-order valence-corrected chi connectivity index (χ0v) is 13.9. The first-order valence-corrected chi connectivity index (χ1v) is 7.69. The van der Waals surface area contributed by atoms with E-state index in [9.17, 15) is 4.79 Å². The topological polar surface area (TPSA) is 84.7 Å². The van der Waals surface area contributed by atoms with Gasteiger partial charge in [-0.25, -0.2) is 4.98 Å². The van der Waals surface area contributed by atoms with Gasteiger partial charge in [0.1, 0.15) is 17.7 Å². The van der Waals surface area contributed by atoms with E-state index in [-0.39, 0.29) is 12.0 Å². The maximum Gasteiger partial charge on any atom is 0.254 e. The van der Waals surface area contributed by atoms with Gasteiger partial charge in [-0.15, -0.1) is 0 Å². The first kappa shape index (κ1) is 16.6. The van der Waals surface area contributed by atoms with Crippen LogP contribution in [0.3, 0.4) is 0 Å². The van der Waals surface area contributed by atoms with E-state index in [4.69, 9.17) is 19.5 Å². The minimum atomic E-state index is -0.175. The van der Waals surface area contributed by atoms with Gasteiger partial charge in [0, 0.05) is 11.8 Å². The summed E-state index contributed by atoms with van der Waals surface area (Å²) in [6.45, 7) is 0.878. The van der Waals surface area contributed by atoms with Crippen molar-refractivity contribution in [3.63, 3.8) is 0 Å². The molecule has 0 unspecified atom stereocenters. The van der Waals surface area contributed by atoms with Crippen molar-refractivity contribution in [3.05, 3.63) is 47.7 Å². The number of ether oxygens (including phenoxy) is 3. The summed E-state index contributed by atoms with van der Waals surface area (Å²) in [7, 11) is 3.07. The minimum Gasteiger partial charge on any atom is -0.493 e. The smallest absolute Gasteiger partial charge is 0.254 e. The normalized spacial score (nSPS) is 13.6. The number of pyridine rings is 1. The summed E-state index contributed by atoms with van der Waals surface area (Å²) in [5.41, 5.74) is 0.902. The molecule has 0 bridgehead atoms. The number of aromatic nitrogens is 1. The van der Waals surface area contributed by atoms with Crippen LogP contribution in [0.25, 0.3) is 0 Å². The zero-order valence-electron chi connectivity index (χ0n) is 13.9. The fraction of sp³-hybridized carbons (Fsp3) is 0.278. The van der Waals surface area contributed by atoms with E-state index in [1.54, 1.807) is 48.5 Å². The van der Waals surface area contributed by atoms with Crippen LogP contribution in [0.15, 0.2) is 36.5 Å². The first-order chi connectivity index (χ1) is 12.2. The van der Waals surface area contributed by atoms with E-state index < -0.39 is 0 Å². The Morgan fingerprint density at radius 3 is 2.68 bits per heavy atom. The number of likely N-dealkylation sites (tertiary alicyclic amines) is 1. The highest BCUT2D eigenvalue weighted by molar-refractivity contribution is 5.95. The minimum absolute atomic E-state index is 0.109. The van der Waals surface area contributed by atoms with Gasteiger partial charge in [0.2, 0.25) is 5.88 Å². The van der Waals surface area contributed by atoms with Crippen LogP contribution in [0.1, 0.15) is 15.9 Å². The summed E-state index contributed by atoms with van der Waals surface area (Å²) in [6, 6.07) is 10.4. The van der Waals surface area contributed by atoms with Gasteiger partial charge in [0.15, 0.2) is 11.5 Å². The Kier molecular flexibility index (Phi) is 4.70. The summed E-state index contributed by atoms with van der Waals surface area (Å²) in [4.78, 5) is 18.3. The lowest BCUT2D eigenvalue weighted by Gasteiger charge is -2.38. The zero-order chi connectivity index (χ0) is 17.8. The average Bonchev–Trinajstić information content (AvgIpc) is 2.63. The first-order valence-electron chi connectivity index (χ1n) is 7.69. The second kappa shape index (κ2) is 7.09. The molecule has 3 rings (SSSR count). The number of hydrogen-bond acceptors (Lipinski definition) is 6. The Morgan fingerprint density at radius 1 is 1.24 bits per heavy atom. The lowest BCUT2D eigenvalue weighted by Crippen LogP contribution is -2.56. The molecule has 2 aromatic rings. The van der Waals surface area contributed by atoms with Crippen LogP contribution < -0.4 is 14.2 Å². The van der Waals surface area contributed by atoms with Crippen LogP contribution in [-0.4, -0.2) is 49.2 Å². The van der Waals surface area contributed by atoms with Crippen LogP contribution >= 0.6 is 0 Å². The molecule has 0 radical (unpaired) electrons. The van der Waals surface area contributed by atoms with Gasteiger partial charge in [0.05, 0.1) is 27.3 Å². The van der Waals surface area contributed by atoms with E-state index >= 15 is 0 Å². The highest BCUT2D eigenvalue weighted by atomic mass is 16.5. The third-order valence-electron chi connectivity index (χ3n) is 3.94. The number of hydrogen-bond donors (Lipinski definition) is 0. The molecule has 1 aliphatic rings. The van der Waals surface area contributed by atoms with Gasteiger partial charge in [-0.2, -0.15) is 5.26 Å². The molecule has 128 valence electrons. The van der Waals surface area contributed by atoms with Gasteiger partial charge in [-0.05, 0) is 30.3 Å². The number of carbonyl (C=O) groups excluding carboxylic acids is 1. The lowest BCUT2D eigenvalue weighted by atomic mass is 10.1. The van der Waals surface area contributed by atoms with E-state index in [2.05, 4.69) is 4.98 Å². The molecule has 2 heterocycles. The Morgan fingerprint density at radius 2 is 2.00 bits per heavy atom. The summed E-state index contributed by atoms with van der Waals surface area (Å²) in [5, 5.41) is 9.05. The van der Waals surface area contributed by atoms with Crippen molar-refractivity contribution in [2.24, 2.45) is 0 Å². The quantitative estimate of drug-likeness (QED) is 0.827. The van der Waals surface area contributed by atoms with Crippen LogP contribution in [-0.2, 0) is 0 Å². The molecule has 25 heavy (non-hydrogen) atoms. The predicted molar refractivity (Wildman–Crippen MR) is 88.8 cm³/mol. The van der Waals surface area contributed by atoms with Crippen molar-refractivity contribution < 1.29 is 19.0 Å². The monoisotopic (exact) mass is 339 g/mol. The van der Waals surface area contributed by atoms with Crippen molar-refractivity contribution in [2.45, 2.75) is 6.10 Å². The summed E-state index contributed by atoms with van der Waals surface area (Å²) < 4.78 is 16.1. The standard InChI is InChI=1S/C18H17N3O4/c1-23-15-6-5-12(8-16(15)24-2)18(22)21-10-14(11-21)25-17-13(9-19)4-3-7-20-17/h3-8,14H,10-11H2,1-2H3. The summed E-state index contributed by atoms with van der Waals surface area (Å²) in [6.07, 6.45) is 1.40. The molecule has 0 spiro atoms. The van der Waals surface area contributed by atoms with Crippen LogP contribution in [0.2, 0.25) is 0 Å². The molecule has 0 atom stereocenters. The van der Waals surface area contributed by atoms with Gasteiger partial charge < -0.3 is 19.1 Å². The van der Waals surface area contributed by atoms with E-state index in [0.29, 0.717) is 41.6 Å². The Labute approximate surface area is 145 Å². The lowest BCUT2D eigenvalue weighted by molar-refractivity contribution is 0.0158. The molecule has 1 fully saturated rings. The molecule has 1 saturated heterocycles. The van der Waals surface area contributed by atoms with Crippen molar-refractivity contribution in [3.8, 4) is 23.4 Å². The number of nitrogens with zero attached hydrogens (tertiary/aromatic N) is 3. The van der Waals surface area contributed by atoms with Crippen LogP contribution in [0, 0.1) is 11.3 Å². The maximum absolute atomic E-state index is 12.5. The maximum atomic E-state index is 12.5. The largest absolute Gasteiger partial charge is 0.493 e. The number of methoxy groups -OCH3 is 2. The van der Waals surface area contributed by atoms with Crippen LogP contribution in [0.5, 0.6) is 17.4 Å². The van der Waals surface area contributed by atoms with Gasteiger partial charge >= 0.3 is 0 Å². The SMILES string of the molecule is COc1ccc(C(=O)N2CC(Oc3ncccc3C#N)C2)cc1OC. The molecule has 0 aliphatic carbocycles. The molecular formula is C18H17N3O4. The van der Waals surface area contributed by atoms with Gasteiger partial charge in [-0.3, -0.25) is 4.79 Å². The van der Waals surface area contributed by atoms with Crippen molar-refractivity contribution in [2.75, 3.05) is 27.3 Å². The van der Waals surface area contributed by atoms with Crippen molar-refractivity contribution in [1.29, 1.82) is 5.26 Å². The molecule has 1 amide bonds. The molecule has 7 heteroatoms. The fourth-order valence-electron chi connectivity index (χ4n) is 2.56. The molecule has 0 saturated carbocycles. The number of benzene rings is 1. The highest BCUT2D eigenvalue weighted by Gasteiger charge is 2.33. The number of carbonyl (C=O) groups is 1. The van der Waals surface area contributed by atoms with E-state index in [1.807, 2.05) is 6.07 Å². The van der Waals surface area contributed by atoms with Crippen molar-refractivity contribution >= 4 is 5.91 Å². The molecule has 7 nitrogen and oxygen atoms in total. The van der Waals surface area contributed by atoms with E-state index in [1.165, 1.54) is 7.11 Å². The molecule has 1 aromatic carbocycles. The Bertz CT molecular complexity index is 825. The Balaban J connectivity index is 1.63. The third kappa shape index (κ3) is 3.33. The second-order valence-electron chi connectivity index (χ2n) is 5.49.